The highest BCUT2D eigenvalue weighted by Gasteiger charge is 2.16. The second kappa shape index (κ2) is 12.3. The maximum Gasteiger partial charge on any atom is 0.211 e. The van der Waals surface area contributed by atoms with E-state index in [1.54, 1.807) is 12.3 Å². The number of sulfonamides is 1. The molecule has 0 saturated carbocycles. The summed E-state index contributed by atoms with van der Waals surface area (Å²) in [4.78, 5) is 10.9. The molecule has 1 N–H and O–H groups in total. The van der Waals surface area contributed by atoms with Crippen LogP contribution in [-0.4, -0.2) is 43.1 Å². The van der Waals surface area contributed by atoms with Crippen LogP contribution in [0.4, 0.5) is 0 Å². The molecule has 0 radical (unpaired) electrons. The molecule has 0 aliphatic carbocycles. The summed E-state index contributed by atoms with van der Waals surface area (Å²) in [6.45, 7) is 7.98. The fraction of sp³-hybridized carbons (Fsp3) is 0.333. The molecule has 1 aromatic carbocycles. The quantitative estimate of drug-likeness (QED) is 0.313. The average molecular weight is 529 g/mol. The molecule has 0 bridgehead atoms. The zero-order chi connectivity index (χ0) is 26.3. The first-order valence-electron chi connectivity index (χ1n) is 11.8. The second-order valence-electron chi connectivity index (χ2n) is 8.69. The average Bonchev–Trinajstić information content (AvgIpc) is 2.83. The second-order valence-corrected chi connectivity index (χ2v) is 11.0. The minimum absolute atomic E-state index is 0.0852. The van der Waals surface area contributed by atoms with Gasteiger partial charge in [-0.05, 0) is 37.1 Å². The Labute approximate surface area is 218 Å². The molecule has 0 aliphatic rings. The molecular weight excluding hydrogens is 496 g/mol. The zero-order valence-corrected chi connectivity index (χ0v) is 22.8. The van der Waals surface area contributed by atoms with Gasteiger partial charge < -0.3 is 9.64 Å². The highest BCUT2D eigenvalue weighted by atomic mass is 35.5. The van der Waals surface area contributed by atoms with Crippen LogP contribution in [-0.2, 0) is 23.2 Å². The lowest BCUT2D eigenvalue weighted by Crippen LogP contribution is -2.26. The van der Waals surface area contributed by atoms with E-state index in [0.29, 0.717) is 28.3 Å². The summed E-state index contributed by atoms with van der Waals surface area (Å²) in [5, 5.41) is 1.36. The number of nitrogens with zero attached hydrogens (tertiary/aromatic N) is 3. The van der Waals surface area contributed by atoms with E-state index in [2.05, 4.69) is 16.3 Å². The van der Waals surface area contributed by atoms with Crippen molar-refractivity contribution in [1.82, 2.24) is 19.6 Å². The molecule has 0 aliphatic heterocycles. The van der Waals surface area contributed by atoms with E-state index in [4.69, 9.17) is 21.3 Å². The summed E-state index contributed by atoms with van der Waals surface area (Å²) in [6, 6.07) is 7.86. The Kier molecular flexibility index (Phi) is 9.48. The Bertz CT molecular complexity index is 1370. The number of fused-ring (bicyclic) bond motifs is 1. The number of unbranched alkanes of at least 4 members (excludes halogenated alkanes) is 1. The van der Waals surface area contributed by atoms with E-state index in [1.807, 2.05) is 63.2 Å². The molecule has 0 saturated heterocycles. The van der Waals surface area contributed by atoms with Gasteiger partial charge in [-0.25, -0.2) is 18.1 Å². The molecule has 0 unspecified atom stereocenters. The number of para-hydroxylation sites is 1. The smallest absolute Gasteiger partial charge is 0.211 e. The standard InChI is InChI=1S/C27H33ClN4O3S/c1-6-8-13-36(33,34)30-16-20-15-29-17-24(28)23(20)18-35-26-12-9-11-21-22(14-19(3)31-27(21)26)25(10-7-2)32(4)5/h7,9-12,14-15,17,30H,2,6,8,13,16,18H2,1,3-5H3/b25-10-. The topological polar surface area (TPSA) is 84.4 Å². The van der Waals surface area contributed by atoms with Crippen molar-refractivity contribution in [3.63, 3.8) is 0 Å². The number of hydrogen-bond acceptors (Lipinski definition) is 6. The molecule has 0 fully saturated rings. The Morgan fingerprint density at radius 1 is 1.28 bits per heavy atom. The first-order chi connectivity index (χ1) is 17.2. The van der Waals surface area contributed by atoms with Crippen LogP contribution in [0.3, 0.4) is 0 Å². The molecule has 0 amide bonds. The third kappa shape index (κ3) is 6.84. The van der Waals surface area contributed by atoms with Gasteiger partial charge >= 0.3 is 0 Å². The number of aromatic nitrogens is 2. The van der Waals surface area contributed by atoms with Crippen LogP contribution in [0.25, 0.3) is 16.6 Å². The van der Waals surface area contributed by atoms with Gasteiger partial charge in [0.2, 0.25) is 10.0 Å². The Hall–Kier alpha value is -2.94. The molecule has 3 rings (SSSR count). The largest absolute Gasteiger partial charge is 0.487 e. The molecule has 36 heavy (non-hydrogen) atoms. The van der Waals surface area contributed by atoms with Crippen LogP contribution >= 0.6 is 11.6 Å². The predicted molar refractivity (Wildman–Crippen MR) is 147 cm³/mol. The van der Waals surface area contributed by atoms with Crippen LogP contribution in [0.1, 0.15) is 42.1 Å². The third-order valence-corrected chi connectivity index (χ3v) is 7.42. The lowest BCUT2D eigenvalue weighted by Gasteiger charge is -2.20. The molecule has 7 nitrogen and oxygen atoms in total. The highest BCUT2D eigenvalue weighted by molar-refractivity contribution is 7.89. The Morgan fingerprint density at radius 2 is 2.06 bits per heavy atom. The fourth-order valence-electron chi connectivity index (χ4n) is 3.83. The van der Waals surface area contributed by atoms with Gasteiger partial charge in [0, 0.05) is 60.9 Å². The summed E-state index contributed by atoms with van der Waals surface area (Å²) < 4.78 is 33.4. The summed E-state index contributed by atoms with van der Waals surface area (Å²) in [5.41, 5.74) is 4.96. The number of nitrogens with one attached hydrogen (secondary N) is 1. The van der Waals surface area contributed by atoms with Gasteiger partial charge in [-0.3, -0.25) is 4.98 Å². The van der Waals surface area contributed by atoms with E-state index in [0.717, 1.165) is 34.3 Å². The number of hydrogen-bond donors (Lipinski definition) is 1. The molecule has 192 valence electrons. The van der Waals surface area contributed by atoms with E-state index < -0.39 is 10.0 Å². The van der Waals surface area contributed by atoms with Gasteiger partial charge in [0.1, 0.15) is 17.9 Å². The van der Waals surface area contributed by atoms with Crippen molar-refractivity contribution in [2.24, 2.45) is 0 Å². The predicted octanol–water partition coefficient (Wildman–Crippen LogP) is 5.48. The summed E-state index contributed by atoms with van der Waals surface area (Å²) in [5.74, 6) is 0.693. The molecule has 9 heteroatoms. The van der Waals surface area contributed by atoms with Gasteiger partial charge in [-0.2, -0.15) is 0 Å². The number of halogens is 1. The highest BCUT2D eigenvalue weighted by Crippen LogP contribution is 2.32. The van der Waals surface area contributed by atoms with Crippen LogP contribution in [0.2, 0.25) is 5.02 Å². The molecule has 3 aromatic rings. The van der Waals surface area contributed by atoms with Gasteiger partial charge in [0.15, 0.2) is 0 Å². The SMILES string of the molecule is C=C/C=C(/c1cc(C)nc2c(OCc3c(Cl)cncc3CNS(=O)(=O)CCCC)cccc12)N(C)C. The van der Waals surface area contributed by atoms with Crippen molar-refractivity contribution in [1.29, 1.82) is 0 Å². The fourth-order valence-corrected chi connectivity index (χ4v) is 5.25. The van der Waals surface area contributed by atoms with Gasteiger partial charge in [0.25, 0.3) is 0 Å². The van der Waals surface area contributed by atoms with Gasteiger partial charge in [0.05, 0.1) is 10.8 Å². The summed E-state index contributed by atoms with van der Waals surface area (Å²) >= 11 is 6.45. The zero-order valence-electron chi connectivity index (χ0n) is 21.2. The number of ether oxygens (including phenoxy) is 1. The lowest BCUT2D eigenvalue weighted by molar-refractivity contribution is 0.308. The van der Waals surface area contributed by atoms with Crippen LogP contribution < -0.4 is 9.46 Å². The van der Waals surface area contributed by atoms with Crippen molar-refractivity contribution in [2.45, 2.75) is 39.8 Å². The number of aryl methyl sites for hydroxylation is 1. The van der Waals surface area contributed by atoms with Crippen molar-refractivity contribution in [3.8, 4) is 5.75 Å². The number of pyridine rings is 2. The molecule has 2 aromatic heterocycles. The van der Waals surface area contributed by atoms with E-state index in [9.17, 15) is 8.42 Å². The lowest BCUT2D eigenvalue weighted by atomic mass is 10.0. The first kappa shape index (κ1) is 27.6. The minimum Gasteiger partial charge on any atom is -0.487 e. The molecule has 0 spiro atoms. The van der Waals surface area contributed by atoms with Gasteiger partial charge in [-0.1, -0.05) is 49.7 Å². The Balaban J connectivity index is 1.93. The van der Waals surface area contributed by atoms with Crippen molar-refractivity contribution in [3.05, 3.63) is 82.8 Å². The summed E-state index contributed by atoms with van der Waals surface area (Å²) in [7, 11) is 0.589. The maximum atomic E-state index is 12.3. The van der Waals surface area contributed by atoms with Crippen LogP contribution in [0, 0.1) is 6.92 Å². The summed E-state index contributed by atoms with van der Waals surface area (Å²) in [6.07, 6.45) is 8.28. The number of rotatable bonds is 12. The van der Waals surface area contributed by atoms with Crippen molar-refractivity contribution < 1.29 is 13.2 Å². The molecular formula is C27H33ClN4O3S. The van der Waals surface area contributed by atoms with E-state index in [1.165, 1.54) is 6.20 Å². The monoisotopic (exact) mass is 528 g/mol. The van der Waals surface area contributed by atoms with Crippen molar-refractivity contribution in [2.75, 3.05) is 19.8 Å². The number of allylic oxidation sites excluding steroid dienone is 2. The van der Waals surface area contributed by atoms with E-state index >= 15 is 0 Å². The Morgan fingerprint density at radius 3 is 2.75 bits per heavy atom. The van der Waals surface area contributed by atoms with Crippen molar-refractivity contribution >= 4 is 38.2 Å². The molecule has 0 atom stereocenters. The minimum atomic E-state index is -3.39. The van der Waals surface area contributed by atoms with Crippen LogP contribution in [0.15, 0.2) is 55.4 Å². The number of benzene rings is 1. The normalized spacial score (nSPS) is 12.1. The first-order valence-corrected chi connectivity index (χ1v) is 13.8. The maximum absolute atomic E-state index is 12.3. The molecule has 2 heterocycles. The third-order valence-electron chi connectivity index (χ3n) is 5.68. The van der Waals surface area contributed by atoms with Gasteiger partial charge in [-0.15, -0.1) is 0 Å². The van der Waals surface area contributed by atoms with Crippen LogP contribution in [0.5, 0.6) is 5.75 Å². The van der Waals surface area contributed by atoms with E-state index in [-0.39, 0.29) is 18.9 Å².